The van der Waals surface area contributed by atoms with Crippen molar-refractivity contribution < 1.29 is 19.5 Å². The summed E-state index contributed by atoms with van der Waals surface area (Å²) < 4.78 is 0. The van der Waals surface area contributed by atoms with E-state index >= 15 is 0 Å². The lowest BCUT2D eigenvalue weighted by Crippen LogP contribution is -2.48. The maximum atomic E-state index is 11.9. The van der Waals surface area contributed by atoms with Gasteiger partial charge in [-0.15, -0.1) is 0 Å². The molecule has 0 aliphatic heterocycles. The number of primary amides is 1. The van der Waals surface area contributed by atoms with E-state index in [1.807, 2.05) is 0 Å². The molecule has 0 aromatic rings. The lowest BCUT2D eigenvalue weighted by molar-refractivity contribution is -0.139. The molecule has 7 heteroatoms. The van der Waals surface area contributed by atoms with Gasteiger partial charge in [0.2, 0.25) is 11.8 Å². The SMILES string of the molecule is CC1CCCCC1NC(=O)CN(CC(N)=O)CC(=O)O. The molecule has 4 N–H and O–H groups in total. The molecule has 2 unspecified atom stereocenters. The first-order valence-corrected chi connectivity index (χ1v) is 6.90. The summed E-state index contributed by atoms with van der Waals surface area (Å²) in [6.45, 7) is 1.36. The third-order valence-electron chi connectivity index (χ3n) is 3.56. The van der Waals surface area contributed by atoms with Crippen molar-refractivity contribution in [3.05, 3.63) is 0 Å². The molecule has 7 nitrogen and oxygen atoms in total. The van der Waals surface area contributed by atoms with Gasteiger partial charge in [-0.25, -0.2) is 0 Å². The molecule has 0 spiro atoms. The van der Waals surface area contributed by atoms with Gasteiger partial charge in [0.15, 0.2) is 0 Å². The fourth-order valence-corrected chi connectivity index (χ4v) is 2.57. The summed E-state index contributed by atoms with van der Waals surface area (Å²) in [5.74, 6) is -1.57. The van der Waals surface area contributed by atoms with Crippen molar-refractivity contribution in [3.8, 4) is 0 Å². The highest BCUT2D eigenvalue weighted by atomic mass is 16.4. The number of carboxylic acids is 1. The number of nitrogens with one attached hydrogen (secondary N) is 1. The van der Waals surface area contributed by atoms with Gasteiger partial charge in [-0.2, -0.15) is 0 Å². The average Bonchev–Trinajstić information content (AvgIpc) is 2.30. The molecule has 0 radical (unpaired) electrons. The Morgan fingerprint density at radius 2 is 1.85 bits per heavy atom. The molecule has 1 fully saturated rings. The van der Waals surface area contributed by atoms with Crippen LogP contribution in [-0.4, -0.2) is 53.5 Å². The molecule has 0 saturated heterocycles. The molecule has 2 atom stereocenters. The van der Waals surface area contributed by atoms with Crippen molar-refractivity contribution in [1.82, 2.24) is 10.2 Å². The molecule has 2 amide bonds. The summed E-state index contributed by atoms with van der Waals surface area (Å²) >= 11 is 0. The second kappa shape index (κ2) is 7.84. The Bertz CT molecular complexity index is 357. The van der Waals surface area contributed by atoms with E-state index in [1.54, 1.807) is 0 Å². The maximum absolute atomic E-state index is 11.9. The first-order chi connectivity index (χ1) is 9.38. The first kappa shape index (κ1) is 16.4. The average molecular weight is 285 g/mol. The van der Waals surface area contributed by atoms with Crippen LogP contribution >= 0.6 is 0 Å². The van der Waals surface area contributed by atoms with Crippen molar-refractivity contribution in [2.45, 2.75) is 38.6 Å². The molecule has 20 heavy (non-hydrogen) atoms. The highest BCUT2D eigenvalue weighted by Crippen LogP contribution is 2.23. The molecule has 1 rings (SSSR count). The monoisotopic (exact) mass is 285 g/mol. The van der Waals surface area contributed by atoms with Gasteiger partial charge in [0.05, 0.1) is 19.6 Å². The fourth-order valence-electron chi connectivity index (χ4n) is 2.57. The van der Waals surface area contributed by atoms with Crippen LogP contribution in [0.5, 0.6) is 0 Å². The number of amides is 2. The molecule has 0 aromatic heterocycles. The quantitative estimate of drug-likeness (QED) is 0.586. The second-order valence-electron chi connectivity index (χ2n) is 5.44. The molecule has 114 valence electrons. The Kier molecular flexibility index (Phi) is 6.44. The third kappa shape index (κ3) is 6.01. The number of nitrogens with zero attached hydrogens (tertiary/aromatic N) is 1. The predicted octanol–water partition coefficient (Wildman–Crippen LogP) is -0.447. The molecule has 1 aliphatic carbocycles. The number of carboxylic acid groups (broad SMARTS) is 1. The standard InChI is InChI=1S/C13H23N3O4/c1-9-4-2-3-5-10(9)15-12(18)7-16(6-11(14)17)8-13(19)20/h9-10H,2-8H2,1H3,(H2,14,17)(H,15,18)(H,19,20). The summed E-state index contributed by atoms with van der Waals surface area (Å²) in [5.41, 5.74) is 5.05. The van der Waals surface area contributed by atoms with Crippen molar-refractivity contribution in [3.63, 3.8) is 0 Å². The largest absolute Gasteiger partial charge is 0.480 e. The van der Waals surface area contributed by atoms with Gasteiger partial charge in [-0.1, -0.05) is 19.8 Å². The minimum atomic E-state index is -1.09. The van der Waals surface area contributed by atoms with Crippen LogP contribution in [0.25, 0.3) is 0 Å². The minimum Gasteiger partial charge on any atom is -0.480 e. The van der Waals surface area contributed by atoms with Gasteiger partial charge in [-0.3, -0.25) is 19.3 Å². The van der Waals surface area contributed by atoms with Crippen LogP contribution in [0.15, 0.2) is 0 Å². The van der Waals surface area contributed by atoms with E-state index in [4.69, 9.17) is 10.8 Å². The topological polar surface area (TPSA) is 113 Å². The lowest BCUT2D eigenvalue weighted by atomic mass is 9.86. The van der Waals surface area contributed by atoms with Gasteiger partial charge < -0.3 is 16.2 Å². The van der Waals surface area contributed by atoms with E-state index in [0.717, 1.165) is 19.3 Å². The molecule has 1 saturated carbocycles. The smallest absolute Gasteiger partial charge is 0.317 e. The van der Waals surface area contributed by atoms with Gasteiger partial charge in [0, 0.05) is 6.04 Å². The maximum Gasteiger partial charge on any atom is 0.317 e. The number of hydrogen-bond acceptors (Lipinski definition) is 4. The number of carbonyl (C=O) groups excluding carboxylic acids is 2. The van der Waals surface area contributed by atoms with Crippen LogP contribution in [0.4, 0.5) is 0 Å². The molecular formula is C13H23N3O4. The zero-order valence-corrected chi connectivity index (χ0v) is 11.8. The van der Waals surface area contributed by atoms with Crippen molar-refractivity contribution in [2.24, 2.45) is 11.7 Å². The number of nitrogens with two attached hydrogens (primary N) is 1. The molecule has 0 aromatic carbocycles. The Morgan fingerprint density at radius 3 is 2.40 bits per heavy atom. The summed E-state index contributed by atoms with van der Waals surface area (Å²) in [6, 6.07) is 0.136. The highest BCUT2D eigenvalue weighted by molar-refractivity contribution is 5.81. The summed E-state index contributed by atoms with van der Waals surface area (Å²) in [6.07, 6.45) is 4.31. The summed E-state index contributed by atoms with van der Waals surface area (Å²) in [7, 11) is 0. The Morgan fingerprint density at radius 1 is 1.20 bits per heavy atom. The molecule has 0 heterocycles. The van der Waals surface area contributed by atoms with Crippen LogP contribution in [0, 0.1) is 5.92 Å². The van der Waals surface area contributed by atoms with Gasteiger partial charge in [0.25, 0.3) is 0 Å². The van der Waals surface area contributed by atoms with Crippen LogP contribution < -0.4 is 11.1 Å². The number of aliphatic carboxylic acids is 1. The van der Waals surface area contributed by atoms with Crippen molar-refractivity contribution in [1.29, 1.82) is 0 Å². The van der Waals surface area contributed by atoms with Crippen LogP contribution in [-0.2, 0) is 14.4 Å². The van der Waals surface area contributed by atoms with Crippen molar-refractivity contribution >= 4 is 17.8 Å². The normalized spacial score (nSPS) is 22.5. The van der Waals surface area contributed by atoms with Crippen LogP contribution in [0.1, 0.15) is 32.6 Å². The first-order valence-electron chi connectivity index (χ1n) is 6.90. The Hall–Kier alpha value is -1.63. The van der Waals surface area contributed by atoms with E-state index in [9.17, 15) is 14.4 Å². The third-order valence-corrected chi connectivity index (χ3v) is 3.56. The molecule has 1 aliphatic rings. The van der Waals surface area contributed by atoms with E-state index in [-0.39, 0.29) is 31.6 Å². The summed E-state index contributed by atoms with van der Waals surface area (Å²) in [4.78, 5) is 34.7. The van der Waals surface area contributed by atoms with E-state index in [0.29, 0.717) is 5.92 Å². The van der Waals surface area contributed by atoms with Gasteiger partial charge in [-0.05, 0) is 18.8 Å². The zero-order chi connectivity index (χ0) is 15.1. The Labute approximate surface area is 118 Å². The van der Waals surface area contributed by atoms with E-state index in [2.05, 4.69) is 12.2 Å². The zero-order valence-electron chi connectivity index (χ0n) is 11.8. The van der Waals surface area contributed by atoms with Crippen molar-refractivity contribution in [2.75, 3.05) is 19.6 Å². The van der Waals surface area contributed by atoms with Gasteiger partial charge in [0.1, 0.15) is 0 Å². The Balaban J connectivity index is 2.47. The number of hydrogen-bond donors (Lipinski definition) is 3. The fraction of sp³-hybridized carbons (Fsp3) is 0.769. The molecule has 0 bridgehead atoms. The second-order valence-corrected chi connectivity index (χ2v) is 5.44. The van der Waals surface area contributed by atoms with Crippen LogP contribution in [0.3, 0.4) is 0 Å². The molecular weight excluding hydrogens is 262 g/mol. The minimum absolute atomic E-state index is 0.127. The predicted molar refractivity (Wildman–Crippen MR) is 72.8 cm³/mol. The number of carbonyl (C=O) groups is 3. The van der Waals surface area contributed by atoms with Gasteiger partial charge >= 0.3 is 5.97 Å². The lowest BCUT2D eigenvalue weighted by Gasteiger charge is -2.30. The highest BCUT2D eigenvalue weighted by Gasteiger charge is 2.24. The van der Waals surface area contributed by atoms with Crippen LogP contribution in [0.2, 0.25) is 0 Å². The summed E-state index contributed by atoms with van der Waals surface area (Å²) in [5, 5.41) is 11.7. The van der Waals surface area contributed by atoms with E-state index in [1.165, 1.54) is 11.3 Å². The number of rotatable bonds is 7. The van der Waals surface area contributed by atoms with E-state index < -0.39 is 11.9 Å².